The van der Waals surface area contributed by atoms with Gasteiger partial charge in [0, 0.05) is 22.8 Å². The van der Waals surface area contributed by atoms with Gasteiger partial charge in [-0.25, -0.2) is 0 Å². The quantitative estimate of drug-likeness (QED) is 0.569. The van der Waals surface area contributed by atoms with Crippen molar-refractivity contribution in [1.82, 2.24) is 14.8 Å². The number of carbonyl (C=O) groups excluding carboxylic acids is 1. The van der Waals surface area contributed by atoms with Gasteiger partial charge in [0.2, 0.25) is 5.91 Å². The van der Waals surface area contributed by atoms with Gasteiger partial charge in [0.05, 0.1) is 12.4 Å². The first kappa shape index (κ1) is 19.4. The summed E-state index contributed by atoms with van der Waals surface area (Å²) in [5, 5.41) is 11.8. The van der Waals surface area contributed by atoms with E-state index in [0.29, 0.717) is 5.16 Å². The number of thioether (sulfide) groups is 1. The number of ether oxygens (including phenoxy) is 1. The normalized spacial score (nSPS) is 11.9. The zero-order valence-electron chi connectivity index (χ0n) is 15.1. The van der Waals surface area contributed by atoms with E-state index in [1.54, 1.807) is 7.11 Å². The lowest BCUT2D eigenvalue weighted by molar-refractivity contribution is -0.115. The zero-order chi connectivity index (χ0) is 19.4. The van der Waals surface area contributed by atoms with Crippen LogP contribution in [0.25, 0.3) is 11.4 Å². The lowest BCUT2D eigenvalue weighted by atomic mass is 10.2. The lowest BCUT2D eigenvalue weighted by Crippen LogP contribution is -2.22. The molecule has 1 amide bonds. The molecule has 0 aliphatic rings. The number of methoxy groups -OCH3 is 1. The molecule has 0 saturated heterocycles. The van der Waals surface area contributed by atoms with Crippen LogP contribution in [-0.4, -0.2) is 33.0 Å². The van der Waals surface area contributed by atoms with Gasteiger partial charge in [-0.15, -0.1) is 10.2 Å². The number of hydrogen-bond donors (Lipinski definition) is 1. The molecule has 0 fully saturated rings. The van der Waals surface area contributed by atoms with Crippen LogP contribution in [0, 0.1) is 0 Å². The maximum Gasteiger partial charge on any atom is 0.237 e. The first-order valence-corrected chi connectivity index (χ1v) is 9.92. The highest BCUT2D eigenvalue weighted by Gasteiger charge is 2.19. The van der Waals surface area contributed by atoms with E-state index in [9.17, 15) is 4.79 Å². The summed E-state index contributed by atoms with van der Waals surface area (Å²) in [4.78, 5) is 12.5. The van der Waals surface area contributed by atoms with Crippen LogP contribution in [0.4, 0.5) is 5.69 Å². The molecule has 0 aliphatic carbocycles. The SMILES string of the molecule is COc1ccc(-c2nnc(SC(C)C(=O)Nc3cccc(Br)c3)n2C)cc1. The van der Waals surface area contributed by atoms with E-state index in [-0.39, 0.29) is 11.2 Å². The van der Waals surface area contributed by atoms with Crippen molar-refractivity contribution < 1.29 is 9.53 Å². The Bertz CT molecular complexity index is 943. The molecular formula is C19H19BrN4O2S. The van der Waals surface area contributed by atoms with E-state index >= 15 is 0 Å². The van der Waals surface area contributed by atoms with Gasteiger partial charge in [0.25, 0.3) is 0 Å². The molecular weight excluding hydrogens is 428 g/mol. The fraction of sp³-hybridized carbons (Fsp3) is 0.211. The number of rotatable bonds is 6. The number of nitrogens with zero attached hydrogens (tertiary/aromatic N) is 3. The van der Waals surface area contributed by atoms with Crippen LogP contribution in [0.5, 0.6) is 5.75 Å². The van der Waals surface area contributed by atoms with E-state index in [1.165, 1.54) is 11.8 Å². The van der Waals surface area contributed by atoms with Crippen LogP contribution < -0.4 is 10.1 Å². The second kappa shape index (κ2) is 8.58. The van der Waals surface area contributed by atoms with Crippen molar-refractivity contribution in [3.8, 4) is 17.1 Å². The van der Waals surface area contributed by atoms with Gasteiger partial charge >= 0.3 is 0 Å². The molecule has 3 rings (SSSR count). The van der Waals surface area contributed by atoms with Crippen LogP contribution in [-0.2, 0) is 11.8 Å². The molecule has 0 spiro atoms. The summed E-state index contributed by atoms with van der Waals surface area (Å²) in [6.45, 7) is 1.85. The minimum absolute atomic E-state index is 0.0907. The maximum absolute atomic E-state index is 12.5. The van der Waals surface area contributed by atoms with Crippen molar-refractivity contribution >= 4 is 39.3 Å². The second-order valence-electron chi connectivity index (χ2n) is 5.85. The highest BCUT2D eigenvalue weighted by molar-refractivity contribution is 9.10. The summed E-state index contributed by atoms with van der Waals surface area (Å²) in [6, 6.07) is 15.1. The van der Waals surface area contributed by atoms with Gasteiger partial charge in [-0.2, -0.15) is 0 Å². The standard InChI is InChI=1S/C19H19BrN4O2S/c1-12(18(25)21-15-6-4-5-14(20)11-15)27-19-23-22-17(24(19)2)13-7-9-16(26-3)10-8-13/h4-12H,1-3H3,(H,21,25). The number of carbonyl (C=O) groups is 1. The summed E-state index contributed by atoms with van der Waals surface area (Å²) in [5.74, 6) is 1.43. The molecule has 2 aromatic carbocycles. The number of anilines is 1. The smallest absolute Gasteiger partial charge is 0.237 e. The number of aromatic nitrogens is 3. The minimum atomic E-state index is -0.324. The Balaban J connectivity index is 1.70. The van der Waals surface area contributed by atoms with Crippen molar-refractivity contribution in [3.05, 3.63) is 53.0 Å². The molecule has 0 radical (unpaired) electrons. The summed E-state index contributed by atoms with van der Waals surface area (Å²) in [7, 11) is 3.52. The number of benzene rings is 2. The molecule has 27 heavy (non-hydrogen) atoms. The van der Waals surface area contributed by atoms with Crippen molar-refractivity contribution in [1.29, 1.82) is 0 Å². The molecule has 0 saturated carbocycles. The van der Waals surface area contributed by atoms with Crippen molar-refractivity contribution in [3.63, 3.8) is 0 Å². The van der Waals surface area contributed by atoms with Gasteiger partial charge in [-0.3, -0.25) is 4.79 Å². The van der Waals surface area contributed by atoms with Gasteiger partial charge in [-0.05, 0) is 49.4 Å². The largest absolute Gasteiger partial charge is 0.497 e. The third-order valence-electron chi connectivity index (χ3n) is 3.93. The van der Waals surface area contributed by atoms with E-state index in [1.807, 2.05) is 67.1 Å². The molecule has 6 nitrogen and oxygen atoms in total. The molecule has 1 aromatic heterocycles. The molecule has 1 atom stereocenters. The van der Waals surface area contributed by atoms with Gasteiger partial charge < -0.3 is 14.6 Å². The Labute approximate surface area is 170 Å². The predicted molar refractivity (Wildman–Crippen MR) is 111 cm³/mol. The Kier molecular flexibility index (Phi) is 6.18. The third-order valence-corrected chi connectivity index (χ3v) is 5.55. The van der Waals surface area contributed by atoms with E-state index in [2.05, 4.69) is 31.4 Å². The van der Waals surface area contributed by atoms with Crippen molar-refractivity contribution in [2.24, 2.45) is 7.05 Å². The van der Waals surface area contributed by atoms with Crippen molar-refractivity contribution in [2.45, 2.75) is 17.3 Å². The van der Waals surface area contributed by atoms with Crippen LogP contribution in [0.1, 0.15) is 6.92 Å². The molecule has 8 heteroatoms. The average Bonchev–Trinajstić information content (AvgIpc) is 3.02. The fourth-order valence-corrected chi connectivity index (χ4v) is 3.64. The van der Waals surface area contributed by atoms with E-state index in [0.717, 1.165) is 27.3 Å². The first-order chi connectivity index (χ1) is 13.0. The Morgan fingerprint density at radius 2 is 1.96 bits per heavy atom. The van der Waals surface area contributed by atoms with Gasteiger partial charge in [0.1, 0.15) is 5.75 Å². The monoisotopic (exact) mass is 446 g/mol. The molecule has 0 aliphatic heterocycles. The number of hydrogen-bond acceptors (Lipinski definition) is 5. The number of halogens is 1. The van der Waals surface area contributed by atoms with Crippen LogP contribution in [0.15, 0.2) is 58.2 Å². The van der Waals surface area contributed by atoms with Crippen LogP contribution >= 0.6 is 27.7 Å². The summed E-state index contributed by atoms with van der Waals surface area (Å²) in [6.07, 6.45) is 0. The zero-order valence-corrected chi connectivity index (χ0v) is 17.5. The molecule has 1 heterocycles. The van der Waals surface area contributed by atoms with Gasteiger partial charge in [0.15, 0.2) is 11.0 Å². The second-order valence-corrected chi connectivity index (χ2v) is 8.08. The highest BCUT2D eigenvalue weighted by atomic mass is 79.9. The third kappa shape index (κ3) is 4.70. The van der Waals surface area contributed by atoms with E-state index < -0.39 is 0 Å². The number of nitrogens with one attached hydrogen (secondary N) is 1. The van der Waals surface area contributed by atoms with Crippen LogP contribution in [0.3, 0.4) is 0 Å². The highest BCUT2D eigenvalue weighted by Crippen LogP contribution is 2.27. The summed E-state index contributed by atoms with van der Waals surface area (Å²) in [5.41, 5.74) is 1.68. The molecule has 0 bridgehead atoms. The molecule has 140 valence electrons. The Morgan fingerprint density at radius 1 is 1.22 bits per heavy atom. The fourth-order valence-electron chi connectivity index (χ4n) is 2.43. The summed E-state index contributed by atoms with van der Waals surface area (Å²) < 4.78 is 7.98. The van der Waals surface area contributed by atoms with E-state index in [4.69, 9.17) is 4.74 Å². The maximum atomic E-state index is 12.5. The molecule has 1 unspecified atom stereocenters. The Morgan fingerprint density at radius 3 is 2.63 bits per heavy atom. The van der Waals surface area contributed by atoms with Crippen LogP contribution in [0.2, 0.25) is 0 Å². The average molecular weight is 447 g/mol. The Hall–Kier alpha value is -2.32. The minimum Gasteiger partial charge on any atom is -0.497 e. The molecule has 3 aromatic rings. The lowest BCUT2D eigenvalue weighted by Gasteiger charge is -2.12. The topological polar surface area (TPSA) is 69.0 Å². The van der Waals surface area contributed by atoms with Crippen molar-refractivity contribution in [2.75, 3.05) is 12.4 Å². The number of amides is 1. The predicted octanol–water partition coefficient (Wildman–Crippen LogP) is 4.37. The molecule has 1 N–H and O–H groups in total. The van der Waals surface area contributed by atoms with Gasteiger partial charge in [-0.1, -0.05) is 33.8 Å². The summed E-state index contributed by atoms with van der Waals surface area (Å²) >= 11 is 4.77. The first-order valence-electron chi connectivity index (χ1n) is 8.25.